The molecule has 0 aliphatic rings. The number of rotatable bonds is 7. The average Bonchev–Trinajstić information content (AvgIpc) is 3.05. The van der Waals surface area contributed by atoms with E-state index >= 15 is 0 Å². The number of nitrogens with one attached hydrogen (secondary N) is 1. The lowest BCUT2D eigenvalue weighted by Gasteiger charge is -2.15. The first-order chi connectivity index (χ1) is 14.5. The van der Waals surface area contributed by atoms with Crippen LogP contribution in [0, 0.1) is 6.92 Å². The molecule has 31 heavy (non-hydrogen) atoms. The summed E-state index contributed by atoms with van der Waals surface area (Å²) < 4.78 is 71.3. The number of anilines is 1. The molecular formula is C21H23F3N4O2S. The fraction of sp³-hybridized carbons (Fsp3) is 0.286. The zero-order chi connectivity index (χ0) is 22.8. The Balaban J connectivity index is 2.23. The molecule has 1 heterocycles. The molecule has 0 spiro atoms. The molecule has 0 unspecified atom stereocenters. The molecule has 2 aromatic carbocycles. The molecule has 0 radical (unpaired) electrons. The quantitative estimate of drug-likeness (QED) is 0.582. The zero-order valence-corrected chi connectivity index (χ0v) is 18.1. The van der Waals surface area contributed by atoms with Gasteiger partial charge in [0.2, 0.25) is 0 Å². The minimum atomic E-state index is -4.74. The van der Waals surface area contributed by atoms with Crippen molar-refractivity contribution < 1.29 is 21.6 Å². The summed E-state index contributed by atoms with van der Waals surface area (Å²) in [7, 11) is -0.672. The van der Waals surface area contributed by atoms with Gasteiger partial charge in [0.05, 0.1) is 17.0 Å². The van der Waals surface area contributed by atoms with E-state index in [2.05, 4.69) is 9.82 Å². The van der Waals surface area contributed by atoms with Crippen LogP contribution in [0.5, 0.6) is 0 Å². The Morgan fingerprint density at radius 3 is 2.23 bits per heavy atom. The van der Waals surface area contributed by atoms with E-state index in [1.165, 1.54) is 30.3 Å². The highest BCUT2D eigenvalue weighted by molar-refractivity contribution is 7.92. The first-order valence-corrected chi connectivity index (χ1v) is 11.0. The van der Waals surface area contributed by atoms with E-state index in [-0.39, 0.29) is 28.4 Å². The first kappa shape index (κ1) is 22.8. The number of alkyl halides is 3. The molecule has 1 N–H and O–H groups in total. The van der Waals surface area contributed by atoms with Gasteiger partial charge in [0.15, 0.2) is 11.5 Å². The van der Waals surface area contributed by atoms with Crippen LogP contribution in [-0.4, -0.2) is 43.7 Å². The van der Waals surface area contributed by atoms with Crippen LogP contribution in [0.1, 0.15) is 11.3 Å². The number of sulfonamides is 1. The van der Waals surface area contributed by atoms with Gasteiger partial charge in [-0.3, -0.25) is 9.40 Å². The monoisotopic (exact) mass is 452 g/mol. The molecule has 1 aromatic heterocycles. The SMILES string of the molecule is Cc1ccccc1-c1c(NS(=O)(=O)c2ccccc2)nn(CCN(C)C)c1C(F)(F)F. The second-order valence-corrected chi connectivity index (χ2v) is 9.01. The second-order valence-electron chi connectivity index (χ2n) is 7.33. The first-order valence-electron chi connectivity index (χ1n) is 9.47. The highest BCUT2D eigenvalue weighted by Gasteiger charge is 2.41. The smallest absolute Gasteiger partial charge is 0.308 e. The summed E-state index contributed by atoms with van der Waals surface area (Å²) >= 11 is 0. The van der Waals surface area contributed by atoms with Gasteiger partial charge in [-0.1, -0.05) is 42.5 Å². The van der Waals surface area contributed by atoms with Crippen LogP contribution in [0.15, 0.2) is 59.5 Å². The van der Waals surface area contributed by atoms with Gasteiger partial charge in [0.1, 0.15) is 0 Å². The maximum absolute atomic E-state index is 14.2. The molecule has 10 heteroatoms. The number of nitrogens with zero attached hydrogens (tertiary/aromatic N) is 3. The fourth-order valence-corrected chi connectivity index (χ4v) is 4.20. The molecule has 3 rings (SSSR count). The van der Waals surface area contributed by atoms with Gasteiger partial charge >= 0.3 is 6.18 Å². The van der Waals surface area contributed by atoms with E-state index < -0.39 is 21.9 Å². The highest BCUT2D eigenvalue weighted by Crippen LogP contribution is 2.42. The lowest BCUT2D eigenvalue weighted by atomic mass is 10.00. The van der Waals surface area contributed by atoms with Crippen molar-refractivity contribution in [1.82, 2.24) is 14.7 Å². The summed E-state index contributed by atoms with van der Waals surface area (Å²) in [6.45, 7) is 1.90. The van der Waals surface area contributed by atoms with Crippen LogP contribution in [0.4, 0.5) is 19.0 Å². The van der Waals surface area contributed by atoms with Gasteiger partial charge in [-0.05, 0) is 44.3 Å². The predicted molar refractivity (Wildman–Crippen MR) is 113 cm³/mol. The van der Waals surface area contributed by atoms with Crippen LogP contribution >= 0.6 is 0 Å². The molecule has 3 aromatic rings. The van der Waals surface area contributed by atoms with E-state index in [0.29, 0.717) is 12.1 Å². The van der Waals surface area contributed by atoms with Crippen LogP contribution in [0.2, 0.25) is 0 Å². The Labute approximate surface area is 179 Å². The Morgan fingerprint density at radius 2 is 1.65 bits per heavy atom. The van der Waals surface area contributed by atoms with Crippen molar-refractivity contribution in [3.8, 4) is 11.1 Å². The normalized spacial score (nSPS) is 12.4. The summed E-state index contributed by atoms with van der Waals surface area (Å²) in [6.07, 6.45) is -4.74. The van der Waals surface area contributed by atoms with Crippen molar-refractivity contribution in [2.75, 3.05) is 25.4 Å². The summed E-state index contributed by atoms with van der Waals surface area (Å²) in [5, 5.41) is 4.06. The molecule has 0 saturated heterocycles. The van der Waals surface area contributed by atoms with Crippen LogP contribution in [0.25, 0.3) is 11.1 Å². The van der Waals surface area contributed by atoms with Gasteiger partial charge in [-0.2, -0.15) is 18.3 Å². The molecule has 0 bridgehead atoms. The number of aryl methyl sites for hydroxylation is 1. The molecule has 6 nitrogen and oxygen atoms in total. The molecule has 0 fully saturated rings. The Hall–Kier alpha value is -2.85. The van der Waals surface area contributed by atoms with Gasteiger partial charge in [-0.15, -0.1) is 0 Å². The molecule has 0 aliphatic carbocycles. The number of likely N-dealkylation sites (N-methyl/N-ethyl adjacent to an activating group) is 1. The number of hydrogen-bond acceptors (Lipinski definition) is 4. The number of benzene rings is 2. The van der Waals surface area contributed by atoms with Gasteiger partial charge in [-0.25, -0.2) is 8.42 Å². The number of halogens is 3. The molecule has 0 amide bonds. The maximum Gasteiger partial charge on any atom is 0.433 e. The zero-order valence-electron chi connectivity index (χ0n) is 17.3. The van der Waals surface area contributed by atoms with E-state index in [4.69, 9.17) is 0 Å². The summed E-state index contributed by atoms with van der Waals surface area (Å²) in [5.74, 6) is -0.357. The number of aromatic nitrogens is 2. The molecule has 0 aliphatic heterocycles. The standard InChI is InChI=1S/C21H23F3N4O2S/c1-15-9-7-8-12-17(15)18-19(21(22,23)24)28(14-13-27(2)3)25-20(18)26-31(29,30)16-10-5-4-6-11-16/h4-12H,13-14H2,1-3H3,(H,25,26). The Kier molecular flexibility index (Phi) is 6.42. The van der Waals surface area contributed by atoms with Crippen molar-refractivity contribution in [3.05, 3.63) is 65.9 Å². The van der Waals surface area contributed by atoms with Crippen LogP contribution in [-0.2, 0) is 22.7 Å². The van der Waals surface area contributed by atoms with E-state index in [0.717, 1.165) is 4.68 Å². The molecule has 166 valence electrons. The summed E-state index contributed by atoms with van der Waals surface area (Å²) in [6, 6.07) is 14.0. The third-order valence-corrected chi connectivity index (χ3v) is 6.03. The third-order valence-electron chi connectivity index (χ3n) is 4.68. The Morgan fingerprint density at radius 1 is 1.03 bits per heavy atom. The van der Waals surface area contributed by atoms with Crippen molar-refractivity contribution >= 4 is 15.8 Å². The third kappa shape index (κ3) is 5.08. The fourth-order valence-electron chi connectivity index (χ4n) is 3.17. The second kappa shape index (κ2) is 8.72. The van der Waals surface area contributed by atoms with E-state index in [1.54, 1.807) is 50.2 Å². The topological polar surface area (TPSA) is 67.2 Å². The van der Waals surface area contributed by atoms with Crippen LogP contribution < -0.4 is 4.72 Å². The van der Waals surface area contributed by atoms with Crippen LogP contribution in [0.3, 0.4) is 0 Å². The maximum atomic E-state index is 14.2. The minimum absolute atomic E-state index is 0.0617. The summed E-state index contributed by atoms with van der Waals surface area (Å²) in [5.41, 5.74) is -0.449. The number of hydrogen-bond donors (Lipinski definition) is 1. The Bertz CT molecular complexity index is 1160. The van der Waals surface area contributed by atoms with E-state index in [9.17, 15) is 21.6 Å². The largest absolute Gasteiger partial charge is 0.433 e. The van der Waals surface area contributed by atoms with Gasteiger partial charge in [0.25, 0.3) is 10.0 Å². The van der Waals surface area contributed by atoms with Crippen molar-refractivity contribution in [1.29, 1.82) is 0 Å². The highest BCUT2D eigenvalue weighted by atomic mass is 32.2. The van der Waals surface area contributed by atoms with E-state index in [1.807, 2.05) is 0 Å². The van der Waals surface area contributed by atoms with Crippen molar-refractivity contribution in [3.63, 3.8) is 0 Å². The van der Waals surface area contributed by atoms with Gasteiger partial charge in [0, 0.05) is 6.54 Å². The van der Waals surface area contributed by atoms with Crippen molar-refractivity contribution in [2.24, 2.45) is 0 Å². The summed E-state index contributed by atoms with van der Waals surface area (Å²) in [4.78, 5) is 1.66. The predicted octanol–water partition coefficient (Wildman–Crippen LogP) is 4.24. The lowest BCUT2D eigenvalue weighted by molar-refractivity contribution is -0.143. The molecule has 0 atom stereocenters. The molecular weight excluding hydrogens is 429 g/mol. The molecule has 0 saturated carbocycles. The van der Waals surface area contributed by atoms with Gasteiger partial charge < -0.3 is 4.90 Å². The lowest BCUT2D eigenvalue weighted by Crippen LogP contribution is -2.23. The minimum Gasteiger partial charge on any atom is -0.308 e. The van der Waals surface area contributed by atoms with Crippen molar-refractivity contribution in [2.45, 2.75) is 24.5 Å². The average molecular weight is 453 g/mol.